The second kappa shape index (κ2) is 9.93. The molecule has 2 aromatic carbocycles. The Morgan fingerprint density at radius 1 is 1.15 bits per heavy atom. The zero-order chi connectivity index (χ0) is 18.8. The first-order chi connectivity index (χ1) is 12.6. The zero-order valence-electron chi connectivity index (χ0n) is 15.0. The highest BCUT2D eigenvalue weighted by atomic mass is 16.5. The highest BCUT2D eigenvalue weighted by molar-refractivity contribution is 5.94. The zero-order valence-corrected chi connectivity index (χ0v) is 15.0. The first kappa shape index (κ1) is 19.1. The fraction of sp³-hybridized carbons (Fsp3) is 0.190. The highest BCUT2D eigenvalue weighted by Crippen LogP contribution is 2.24. The summed E-state index contributed by atoms with van der Waals surface area (Å²) in [6.45, 7) is 10.3. The molecule has 0 spiro atoms. The predicted octanol–water partition coefficient (Wildman–Crippen LogP) is 4.26. The number of benzene rings is 2. The highest BCUT2D eigenvalue weighted by Gasteiger charge is 2.07. The Hall–Kier alpha value is -3.21. The molecule has 0 aliphatic rings. The lowest BCUT2D eigenvalue weighted by molar-refractivity contribution is -0.114. The molecule has 5 heteroatoms. The lowest BCUT2D eigenvalue weighted by atomic mass is 10.2. The second-order valence-electron chi connectivity index (χ2n) is 5.77. The van der Waals surface area contributed by atoms with Crippen LogP contribution in [0.3, 0.4) is 0 Å². The van der Waals surface area contributed by atoms with Crippen LogP contribution in [0.25, 0.3) is 0 Å². The summed E-state index contributed by atoms with van der Waals surface area (Å²) in [7, 11) is 0. The third-order valence-electron chi connectivity index (χ3n) is 3.29. The summed E-state index contributed by atoms with van der Waals surface area (Å²) in [5.74, 6) is 1.19. The molecule has 1 amide bonds. The molecule has 2 N–H and O–H groups in total. The SMILES string of the molecule is C=CCOc1cccc(NC(=O)CNc2ccccc2OCC(=C)C)c1. The van der Waals surface area contributed by atoms with Crippen molar-refractivity contribution in [3.8, 4) is 11.5 Å². The number of para-hydroxylation sites is 2. The quantitative estimate of drug-likeness (QED) is 0.627. The van der Waals surface area contributed by atoms with E-state index in [1.54, 1.807) is 12.1 Å². The second-order valence-corrected chi connectivity index (χ2v) is 5.77. The van der Waals surface area contributed by atoms with Gasteiger partial charge in [-0.1, -0.05) is 37.4 Å². The van der Waals surface area contributed by atoms with Gasteiger partial charge in [0.15, 0.2) is 0 Å². The number of anilines is 2. The van der Waals surface area contributed by atoms with Crippen LogP contribution >= 0.6 is 0 Å². The summed E-state index contributed by atoms with van der Waals surface area (Å²) >= 11 is 0. The molecule has 0 aliphatic heterocycles. The van der Waals surface area contributed by atoms with Gasteiger partial charge in [0.25, 0.3) is 0 Å². The Bertz CT molecular complexity index is 771. The van der Waals surface area contributed by atoms with Gasteiger partial charge in [-0.15, -0.1) is 0 Å². The number of carbonyl (C=O) groups excluding carboxylic acids is 1. The maximum absolute atomic E-state index is 12.2. The maximum atomic E-state index is 12.2. The van der Waals surface area contributed by atoms with Gasteiger partial charge < -0.3 is 20.1 Å². The lowest BCUT2D eigenvalue weighted by Gasteiger charge is -2.13. The summed E-state index contributed by atoms with van der Waals surface area (Å²) in [4.78, 5) is 12.2. The molecule has 0 atom stereocenters. The van der Waals surface area contributed by atoms with Gasteiger partial charge in [0.2, 0.25) is 5.91 Å². The Balaban J connectivity index is 1.91. The van der Waals surface area contributed by atoms with E-state index in [2.05, 4.69) is 23.8 Å². The number of ether oxygens (including phenoxy) is 2. The molecule has 0 aliphatic carbocycles. The van der Waals surface area contributed by atoms with Gasteiger partial charge in [-0.25, -0.2) is 0 Å². The molecule has 0 radical (unpaired) electrons. The molecule has 0 saturated carbocycles. The molecule has 136 valence electrons. The first-order valence-corrected chi connectivity index (χ1v) is 8.32. The van der Waals surface area contributed by atoms with Crippen LogP contribution in [0.4, 0.5) is 11.4 Å². The largest absolute Gasteiger partial charge is 0.489 e. The molecule has 2 rings (SSSR count). The molecule has 0 saturated heterocycles. The summed E-state index contributed by atoms with van der Waals surface area (Å²) in [5.41, 5.74) is 2.35. The van der Waals surface area contributed by atoms with Crippen LogP contribution in [-0.2, 0) is 4.79 Å². The topological polar surface area (TPSA) is 59.6 Å². The van der Waals surface area contributed by atoms with Crippen molar-refractivity contribution in [1.82, 2.24) is 0 Å². The van der Waals surface area contributed by atoms with Crippen molar-refractivity contribution in [2.45, 2.75) is 6.92 Å². The van der Waals surface area contributed by atoms with Crippen molar-refractivity contribution in [1.29, 1.82) is 0 Å². The van der Waals surface area contributed by atoms with E-state index in [1.807, 2.05) is 49.4 Å². The van der Waals surface area contributed by atoms with Crippen molar-refractivity contribution in [3.63, 3.8) is 0 Å². The lowest BCUT2D eigenvalue weighted by Crippen LogP contribution is -2.22. The third-order valence-corrected chi connectivity index (χ3v) is 3.29. The minimum atomic E-state index is -0.166. The molecular formula is C21H24N2O3. The Kier molecular flexibility index (Phi) is 7.31. The fourth-order valence-corrected chi connectivity index (χ4v) is 2.14. The standard InChI is InChI=1S/C21H24N2O3/c1-4-12-25-18-9-7-8-17(13-18)23-21(24)14-22-19-10-5-6-11-20(19)26-15-16(2)3/h4-11,13,22H,1-2,12,14-15H2,3H3,(H,23,24). The van der Waals surface area contributed by atoms with Crippen molar-refractivity contribution < 1.29 is 14.3 Å². The molecule has 5 nitrogen and oxygen atoms in total. The number of nitrogens with one attached hydrogen (secondary N) is 2. The van der Waals surface area contributed by atoms with Crippen molar-refractivity contribution in [2.24, 2.45) is 0 Å². The summed E-state index contributed by atoms with van der Waals surface area (Å²) < 4.78 is 11.1. The van der Waals surface area contributed by atoms with Crippen LogP contribution in [0, 0.1) is 0 Å². The van der Waals surface area contributed by atoms with Crippen LogP contribution in [0.15, 0.2) is 73.3 Å². The fourth-order valence-electron chi connectivity index (χ4n) is 2.14. The van der Waals surface area contributed by atoms with E-state index < -0.39 is 0 Å². The molecular weight excluding hydrogens is 328 g/mol. The van der Waals surface area contributed by atoms with Crippen LogP contribution in [-0.4, -0.2) is 25.7 Å². The molecule has 0 fully saturated rings. The average molecular weight is 352 g/mol. The summed E-state index contributed by atoms with van der Waals surface area (Å²) in [6, 6.07) is 14.7. The minimum Gasteiger partial charge on any atom is -0.489 e. The first-order valence-electron chi connectivity index (χ1n) is 8.32. The number of hydrogen-bond acceptors (Lipinski definition) is 4. The van der Waals surface area contributed by atoms with Gasteiger partial charge in [0, 0.05) is 11.8 Å². The number of rotatable bonds is 10. The monoisotopic (exact) mass is 352 g/mol. The van der Waals surface area contributed by atoms with Crippen molar-refractivity contribution in [2.75, 3.05) is 30.4 Å². The molecule has 0 bridgehead atoms. The van der Waals surface area contributed by atoms with Gasteiger partial charge in [0.1, 0.15) is 24.7 Å². The van der Waals surface area contributed by atoms with E-state index in [-0.39, 0.29) is 12.5 Å². The summed E-state index contributed by atoms with van der Waals surface area (Å²) in [5, 5.41) is 5.93. The Labute approximate surface area is 154 Å². The van der Waals surface area contributed by atoms with Crippen LogP contribution in [0.2, 0.25) is 0 Å². The summed E-state index contributed by atoms with van der Waals surface area (Å²) in [6.07, 6.45) is 1.67. The van der Waals surface area contributed by atoms with Crippen molar-refractivity contribution >= 4 is 17.3 Å². The van der Waals surface area contributed by atoms with E-state index in [1.165, 1.54) is 0 Å². The molecule has 0 heterocycles. The number of carbonyl (C=O) groups is 1. The van der Waals surface area contributed by atoms with Crippen LogP contribution < -0.4 is 20.1 Å². The van der Waals surface area contributed by atoms with Gasteiger partial charge >= 0.3 is 0 Å². The minimum absolute atomic E-state index is 0.116. The molecule has 0 aromatic heterocycles. The Morgan fingerprint density at radius 2 is 1.96 bits per heavy atom. The van der Waals surface area contributed by atoms with E-state index >= 15 is 0 Å². The number of hydrogen-bond donors (Lipinski definition) is 2. The molecule has 26 heavy (non-hydrogen) atoms. The molecule has 2 aromatic rings. The maximum Gasteiger partial charge on any atom is 0.243 e. The smallest absolute Gasteiger partial charge is 0.243 e. The van der Waals surface area contributed by atoms with E-state index in [0.717, 1.165) is 11.3 Å². The number of amides is 1. The predicted molar refractivity (Wildman–Crippen MR) is 106 cm³/mol. The normalized spacial score (nSPS) is 9.88. The molecule has 0 unspecified atom stereocenters. The Morgan fingerprint density at radius 3 is 2.73 bits per heavy atom. The van der Waals surface area contributed by atoms with Gasteiger partial charge in [-0.3, -0.25) is 4.79 Å². The van der Waals surface area contributed by atoms with Crippen LogP contribution in [0.1, 0.15) is 6.92 Å². The van der Waals surface area contributed by atoms with Crippen LogP contribution in [0.5, 0.6) is 11.5 Å². The van der Waals surface area contributed by atoms with E-state index in [9.17, 15) is 4.79 Å². The van der Waals surface area contributed by atoms with Gasteiger partial charge in [0.05, 0.1) is 12.2 Å². The van der Waals surface area contributed by atoms with E-state index in [4.69, 9.17) is 9.47 Å². The van der Waals surface area contributed by atoms with E-state index in [0.29, 0.717) is 30.4 Å². The van der Waals surface area contributed by atoms with Crippen molar-refractivity contribution in [3.05, 3.63) is 73.3 Å². The van der Waals surface area contributed by atoms with Gasteiger partial charge in [-0.2, -0.15) is 0 Å². The van der Waals surface area contributed by atoms with Gasteiger partial charge in [-0.05, 0) is 36.8 Å². The third kappa shape index (κ3) is 6.36. The average Bonchev–Trinajstić information content (AvgIpc) is 2.64.